The maximum atomic E-state index is 10.8. The Morgan fingerprint density at radius 3 is 2.73 bits per heavy atom. The van der Waals surface area contributed by atoms with Crippen molar-refractivity contribution in [3.8, 4) is 26.9 Å². The number of carboxylic acid groups (broad SMARTS) is 1. The maximum absolute atomic E-state index is 10.8. The summed E-state index contributed by atoms with van der Waals surface area (Å²) in [5.41, 5.74) is 0.981. The molecule has 0 spiro atoms. The van der Waals surface area contributed by atoms with Gasteiger partial charge in [-0.1, -0.05) is 30.3 Å². The van der Waals surface area contributed by atoms with Gasteiger partial charge in [0.05, 0.1) is 9.35 Å². The minimum absolute atomic E-state index is 0.355. The Balaban J connectivity index is 2.10. The van der Waals surface area contributed by atoms with E-state index in [4.69, 9.17) is 9.84 Å². The lowest BCUT2D eigenvalue weighted by Gasteiger charge is -2.03. The molecule has 2 heterocycles. The first-order chi connectivity index (χ1) is 10.7. The molecule has 0 aliphatic carbocycles. The lowest BCUT2D eigenvalue weighted by Crippen LogP contribution is -2.09. The van der Waals surface area contributed by atoms with Gasteiger partial charge in [0, 0.05) is 0 Å². The summed E-state index contributed by atoms with van der Waals surface area (Å²) < 4.78 is 6.07. The van der Waals surface area contributed by atoms with E-state index in [1.165, 1.54) is 11.3 Å². The molecule has 3 aromatic rings. The van der Waals surface area contributed by atoms with Crippen LogP contribution in [0.25, 0.3) is 21.1 Å². The second-order valence-corrected chi connectivity index (χ2v) is 6.00. The minimum Gasteiger partial charge on any atom is -0.479 e. The normalized spacial score (nSPS) is 10.6. The zero-order valence-corrected chi connectivity index (χ0v) is 13.4. The van der Waals surface area contributed by atoms with Gasteiger partial charge in [-0.05, 0) is 26.7 Å². The van der Waals surface area contributed by atoms with Crippen molar-refractivity contribution in [1.29, 1.82) is 0 Å². The van der Waals surface area contributed by atoms with Gasteiger partial charge in [0.25, 0.3) is 0 Å². The van der Waals surface area contributed by atoms with Crippen LogP contribution in [-0.4, -0.2) is 38.3 Å². The van der Waals surface area contributed by atoms with Gasteiger partial charge >= 0.3 is 5.97 Å². The molecular formula is C13H9BrN4O3S. The SMILES string of the molecule is O=C(O)COc1c(-c2nn[nH]n2)sc(-c2ccccc2)c1Br. The predicted molar refractivity (Wildman–Crippen MR) is 83.8 cm³/mol. The van der Waals surface area contributed by atoms with Crippen molar-refractivity contribution in [3.05, 3.63) is 34.8 Å². The first kappa shape index (κ1) is 14.7. The van der Waals surface area contributed by atoms with Crippen LogP contribution in [0.15, 0.2) is 34.8 Å². The van der Waals surface area contributed by atoms with E-state index in [2.05, 4.69) is 36.6 Å². The van der Waals surface area contributed by atoms with E-state index in [-0.39, 0.29) is 0 Å². The first-order valence-corrected chi connectivity index (χ1v) is 7.74. The lowest BCUT2D eigenvalue weighted by molar-refractivity contribution is -0.139. The number of aromatic nitrogens is 4. The number of rotatable bonds is 5. The number of hydrogen-bond acceptors (Lipinski definition) is 6. The van der Waals surface area contributed by atoms with Crippen molar-refractivity contribution in [1.82, 2.24) is 20.6 Å². The van der Waals surface area contributed by atoms with Crippen LogP contribution in [0.4, 0.5) is 0 Å². The molecule has 3 rings (SSSR count). The van der Waals surface area contributed by atoms with Crippen molar-refractivity contribution in [2.45, 2.75) is 0 Å². The number of benzene rings is 1. The van der Waals surface area contributed by atoms with Gasteiger partial charge in [-0.15, -0.1) is 21.5 Å². The highest BCUT2D eigenvalue weighted by atomic mass is 79.9. The highest BCUT2D eigenvalue weighted by Gasteiger charge is 2.23. The minimum atomic E-state index is -1.06. The van der Waals surface area contributed by atoms with Crippen LogP contribution in [0.1, 0.15) is 0 Å². The summed E-state index contributed by atoms with van der Waals surface area (Å²) in [7, 11) is 0. The molecule has 0 bridgehead atoms. The van der Waals surface area contributed by atoms with E-state index >= 15 is 0 Å². The van der Waals surface area contributed by atoms with Crippen LogP contribution in [0.2, 0.25) is 0 Å². The number of halogens is 1. The monoisotopic (exact) mass is 380 g/mol. The molecule has 0 unspecified atom stereocenters. The molecule has 2 N–H and O–H groups in total. The van der Waals surface area contributed by atoms with Crippen molar-refractivity contribution < 1.29 is 14.6 Å². The number of nitrogens with one attached hydrogen (secondary N) is 1. The molecule has 7 nitrogen and oxygen atoms in total. The summed E-state index contributed by atoms with van der Waals surface area (Å²) in [6.45, 7) is -0.450. The summed E-state index contributed by atoms with van der Waals surface area (Å²) in [6.07, 6.45) is 0. The number of carbonyl (C=O) groups is 1. The zero-order chi connectivity index (χ0) is 15.5. The molecule has 0 aliphatic heterocycles. The fourth-order valence-corrected chi connectivity index (χ4v) is 3.83. The topological polar surface area (TPSA) is 101 Å². The number of hydrogen-bond donors (Lipinski definition) is 2. The smallest absolute Gasteiger partial charge is 0.341 e. The van der Waals surface area contributed by atoms with Gasteiger partial charge in [-0.25, -0.2) is 4.79 Å². The van der Waals surface area contributed by atoms with E-state index in [0.717, 1.165) is 10.4 Å². The van der Waals surface area contributed by atoms with Crippen LogP contribution in [0.3, 0.4) is 0 Å². The fourth-order valence-electron chi connectivity index (χ4n) is 1.84. The molecule has 0 aliphatic rings. The van der Waals surface area contributed by atoms with E-state index < -0.39 is 12.6 Å². The molecule has 9 heteroatoms. The average molecular weight is 381 g/mol. The first-order valence-electron chi connectivity index (χ1n) is 6.13. The summed E-state index contributed by atoms with van der Waals surface area (Å²) in [5, 5.41) is 22.6. The highest BCUT2D eigenvalue weighted by Crippen LogP contribution is 2.49. The molecule has 0 saturated carbocycles. The molecule has 0 amide bonds. The molecule has 0 saturated heterocycles. The average Bonchev–Trinajstić information content (AvgIpc) is 3.14. The molecule has 1 aromatic carbocycles. The number of tetrazole rings is 1. The van der Waals surface area contributed by atoms with Gasteiger partial charge in [-0.3, -0.25) is 0 Å². The lowest BCUT2D eigenvalue weighted by atomic mass is 10.2. The van der Waals surface area contributed by atoms with Crippen LogP contribution in [-0.2, 0) is 4.79 Å². The van der Waals surface area contributed by atoms with Gasteiger partial charge in [0.15, 0.2) is 12.4 Å². The van der Waals surface area contributed by atoms with Gasteiger partial charge in [0.2, 0.25) is 5.82 Å². The molecule has 0 atom stereocenters. The van der Waals surface area contributed by atoms with Gasteiger partial charge < -0.3 is 9.84 Å². The highest BCUT2D eigenvalue weighted by molar-refractivity contribution is 9.10. The second kappa shape index (κ2) is 6.24. The Hall–Kier alpha value is -2.26. The molecule has 22 heavy (non-hydrogen) atoms. The largest absolute Gasteiger partial charge is 0.479 e. The van der Waals surface area contributed by atoms with Crippen LogP contribution < -0.4 is 4.74 Å². The third-order valence-corrected chi connectivity index (χ3v) is 4.97. The van der Waals surface area contributed by atoms with Crippen LogP contribution in [0.5, 0.6) is 5.75 Å². The summed E-state index contributed by atoms with van der Waals surface area (Å²) >= 11 is 4.88. The number of aliphatic carboxylic acids is 1. The van der Waals surface area contributed by atoms with Crippen molar-refractivity contribution >= 4 is 33.2 Å². The Morgan fingerprint density at radius 1 is 1.32 bits per heavy atom. The van der Waals surface area contributed by atoms with E-state index in [9.17, 15) is 4.79 Å². The van der Waals surface area contributed by atoms with E-state index in [1.54, 1.807) is 0 Å². The van der Waals surface area contributed by atoms with E-state index in [1.807, 2.05) is 30.3 Å². The van der Waals surface area contributed by atoms with Crippen molar-refractivity contribution in [3.63, 3.8) is 0 Å². The third kappa shape index (κ3) is 2.85. The molecule has 0 fully saturated rings. The zero-order valence-electron chi connectivity index (χ0n) is 11.0. The predicted octanol–water partition coefficient (Wildman–Crippen LogP) is 2.82. The third-order valence-electron chi connectivity index (χ3n) is 2.73. The van der Waals surface area contributed by atoms with Crippen molar-refractivity contribution in [2.24, 2.45) is 0 Å². The molecule has 2 aromatic heterocycles. The maximum Gasteiger partial charge on any atom is 0.341 e. The Morgan fingerprint density at radius 2 is 2.09 bits per heavy atom. The van der Waals surface area contributed by atoms with Gasteiger partial charge in [0.1, 0.15) is 4.88 Å². The van der Waals surface area contributed by atoms with Crippen molar-refractivity contribution in [2.75, 3.05) is 6.61 Å². The number of thiophene rings is 1. The summed E-state index contributed by atoms with van der Waals surface area (Å²) in [6, 6.07) is 9.68. The number of nitrogens with zero attached hydrogens (tertiary/aromatic N) is 3. The summed E-state index contributed by atoms with van der Waals surface area (Å²) in [5.74, 6) is -0.306. The summed E-state index contributed by atoms with van der Waals surface area (Å²) in [4.78, 5) is 12.3. The Bertz CT molecular complexity index is 789. The fraction of sp³-hybridized carbons (Fsp3) is 0.0769. The number of H-pyrrole nitrogens is 1. The Kier molecular flexibility index (Phi) is 4.16. The standard InChI is InChI=1S/C13H9BrN4O3S/c14-9-10(21-6-8(19)20)12(13-15-17-18-16-13)22-11(9)7-4-2-1-3-5-7/h1-5H,6H2,(H,19,20)(H,15,16,17,18). The number of ether oxygens (including phenoxy) is 1. The second-order valence-electron chi connectivity index (χ2n) is 4.19. The van der Waals surface area contributed by atoms with E-state index in [0.29, 0.717) is 20.9 Å². The number of carboxylic acids is 1. The van der Waals surface area contributed by atoms with Crippen LogP contribution in [0, 0.1) is 0 Å². The van der Waals surface area contributed by atoms with Gasteiger partial charge in [-0.2, -0.15) is 5.21 Å². The Labute approximate surface area is 137 Å². The van der Waals surface area contributed by atoms with Crippen LogP contribution >= 0.6 is 27.3 Å². The quantitative estimate of drug-likeness (QED) is 0.705. The molecule has 112 valence electrons. The molecule has 0 radical (unpaired) electrons. The number of aromatic amines is 1. The molecular weight excluding hydrogens is 372 g/mol.